The highest BCUT2D eigenvalue weighted by atomic mass is 31.2. The molecular formula is C46H58NO2P. The van der Waals surface area contributed by atoms with E-state index in [9.17, 15) is 15.2 Å². The summed E-state index contributed by atoms with van der Waals surface area (Å²) in [5.74, 6) is 2.62. The molecule has 9 atom stereocenters. The number of carbonyl (C=O) groups is 1. The van der Waals surface area contributed by atoms with Gasteiger partial charge in [-0.25, -0.2) is 0 Å². The van der Waals surface area contributed by atoms with Gasteiger partial charge in [-0.3, -0.25) is 4.79 Å². The lowest BCUT2D eigenvalue weighted by Crippen LogP contribution is -2.61. The molecule has 4 heteroatoms. The maximum absolute atomic E-state index is 14.9. The topological polar surface area (TPSA) is 61.1 Å². The number of hydrogen-bond donors (Lipinski definition) is 1. The maximum Gasteiger partial charge on any atom is 0.174 e. The summed E-state index contributed by atoms with van der Waals surface area (Å²) in [5, 5.41) is 25.7. The molecule has 0 spiro atoms. The normalized spacial score (nSPS) is 35.1. The Bertz CT molecular complexity index is 1710. The van der Waals surface area contributed by atoms with Crippen LogP contribution in [0.3, 0.4) is 0 Å². The molecular weight excluding hydrogens is 629 g/mol. The number of aliphatic hydroxyl groups excluding tert-OH is 1. The van der Waals surface area contributed by atoms with Gasteiger partial charge in [-0.15, -0.1) is 0 Å². The number of nitriles is 1. The summed E-state index contributed by atoms with van der Waals surface area (Å²) in [6, 6.07) is 33.6. The highest BCUT2D eigenvalue weighted by molar-refractivity contribution is 7.96. The minimum absolute atomic E-state index is 0.0202. The first-order chi connectivity index (χ1) is 23.9. The number of rotatable bonds is 7. The number of Topliss-reactive ketones (excluding diaryl/α,β-unsaturated/α-hetero) is 1. The summed E-state index contributed by atoms with van der Waals surface area (Å²) in [5.41, 5.74) is 0.658. The second-order valence-corrected chi connectivity index (χ2v) is 21.3. The Morgan fingerprint density at radius 1 is 0.740 bits per heavy atom. The van der Waals surface area contributed by atoms with Gasteiger partial charge >= 0.3 is 0 Å². The summed E-state index contributed by atoms with van der Waals surface area (Å²) < 4.78 is 0. The monoisotopic (exact) mass is 687 g/mol. The molecule has 3 aromatic carbocycles. The van der Waals surface area contributed by atoms with E-state index in [0.29, 0.717) is 35.4 Å². The zero-order chi connectivity index (χ0) is 35.5. The van der Waals surface area contributed by atoms with Crippen LogP contribution < -0.4 is 15.9 Å². The van der Waals surface area contributed by atoms with Gasteiger partial charge in [0, 0.05) is 6.42 Å². The minimum atomic E-state index is -2.73. The first kappa shape index (κ1) is 35.5. The number of fused-ring (bicyclic) bond motifs is 5. The number of carbonyl (C=O) groups excluding carboxylic acids is 1. The number of hydrogen-bond acceptors (Lipinski definition) is 3. The van der Waals surface area contributed by atoms with E-state index in [0.717, 1.165) is 35.2 Å². The van der Waals surface area contributed by atoms with E-state index in [1.165, 1.54) is 32.1 Å². The predicted molar refractivity (Wildman–Crippen MR) is 210 cm³/mol. The first-order valence-electron chi connectivity index (χ1n) is 19.4. The number of nitrogens with zero attached hydrogens (tertiary/aromatic N) is 1. The van der Waals surface area contributed by atoms with Crippen molar-refractivity contribution >= 4 is 33.9 Å². The third kappa shape index (κ3) is 5.10. The molecule has 4 aliphatic carbocycles. The molecule has 0 amide bonds. The molecule has 3 unspecified atom stereocenters. The smallest absolute Gasteiger partial charge is 0.174 e. The number of benzene rings is 3. The lowest BCUT2D eigenvalue weighted by atomic mass is 9.38. The van der Waals surface area contributed by atoms with Crippen LogP contribution in [0, 0.1) is 62.6 Å². The average Bonchev–Trinajstić information content (AvgIpc) is 3.41. The molecule has 264 valence electrons. The third-order valence-corrected chi connectivity index (χ3v) is 20.1. The van der Waals surface area contributed by atoms with Crippen molar-refractivity contribution in [1.29, 1.82) is 5.26 Å². The highest BCUT2D eigenvalue weighted by Gasteiger charge is 2.67. The highest BCUT2D eigenvalue weighted by Crippen LogP contribution is 2.74. The molecule has 3 aromatic rings. The number of ketones is 1. The van der Waals surface area contributed by atoms with E-state index in [1.54, 1.807) is 0 Å². The molecule has 0 bridgehead atoms. The Labute approximate surface area is 301 Å². The van der Waals surface area contributed by atoms with Crippen molar-refractivity contribution in [1.82, 2.24) is 0 Å². The van der Waals surface area contributed by atoms with E-state index in [-0.39, 0.29) is 39.5 Å². The lowest BCUT2D eigenvalue weighted by Gasteiger charge is -2.67. The van der Waals surface area contributed by atoms with E-state index >= 15 is 0 Å². The Hall–Kier alpha value is -2.92. The van der Waals surface area contributed by atoms with Crippen molar-refractivity contribution in [2.75, 3.05) is 0 Å². The SMILES string of the molecule is C[C@H](CC(=O)C(C#N)=P(c1ccccc1)(c1ccccc1)c1ccccc1)[C@H]1CC[C@@]2(C)C3CCC4C(C)(C)[C@@H](O)CC[C@]4(C)C3CC[C@]12C. The summed E-state index contributed by atoms with van der Waals surface area (Å²) >= 11 is 0. The summed E-state index contributed by atoms with van der Waals surface area (Å²) in [6.45, 7) is 12.0. The van der Waals surface area contributed by atoms with Gasteiger partial charge in [0.1, 0.15) is 11.4 Å². The molecule has 4 aliphatic rings. The Kier molecular flexibility index (Phi) is 9.18. The van der Waals surface area contributed by atoms with Gasteiger partial charge in [-0.1, -0.05) is 133 Å². The van der Waals surface area contributed by atoms with Gasteiger partial charge in [0.2, 0.25) is 0 Å². The summed E-state index contributed by atoms with van der Waals surface area (Å²) in [4.78, 5) is 14.9. The fraction of sp³-hybridized carbons (Fsp3) is 0.543. The Balaban J connectivity index is 1.24. The molecule has 7 rings (SSSR count). The van der Waals surface area contributed by atoms with Crippen LogP contribution in [-0.4, -0.2) is 22.3 Å². The fourth-order valence-electron chi connectivity index (χ4n) is 13.1. The first-order valence-corrected chi connectivity index (χ1v) is 21.2. The van der Waals surface area contributed by atoms with Gasteiger partial charge in [0.25, 0.3) is 0 Å². The van der Waals surface area contributed by atoms with Crippen molar-refractivity contribution < 1.29 is 9.90 Å². The Morgan fingerprint density at radius 2 is 1.26 bits per heavy atom. The second kappa shape index (κ2) is 12.9. The maximum atomic E-state index is 14.9. The molecule has 1 N–H and O–H groups in total. The summed E-state index contributed by atoms with van der Waals surface area (Å²) in [6.07, 6.45) is 9.62. The van der Waals surface area contributed by atoms with Gasteiger partial charge in [0.15, 0.2) is 5.78 Å². The van der Waals surface area contributed by atoms with Crippen molar-refractivity contribution in [3.05, 3.63) is 91.0 Å². The van der Waals surface area contributed by atoms with Crippen molar-refractivity contribution in [2.24, 2.45) is 51.2 Å². The Morgan fingerprint density at radius 3 is 1.78 bits per heavy atom. The van der Waals surface area contributed by atoms with Crippen LogP contribution in [0.4, 0.5) is 0 Å². The van der Waals surface area contributed by atoms with E-state index < -0.39 is 6.89 Å². The average molecular weight is 688 g/mol. The zero-order valence-corrected chi connectivity index (χ0v) is 32.1. The minimum Gasteiger partial charge on any atom is -0.393 e. The van der Waals surface area contributed by atoms with E-state index in [4.69, 9.17) is 0 Å². The van der Waals surface area contributed by atoms with Crippen LogP contribution in [0.5, 0.6) is 0 Å². The molecule has 0 aliphatic heterocycles. The van der Waals surface area contributed by atoms with Gasteiger partial charge in [0.05, 0.1) is 6.10 Å². The number of aliphatic hydroxyl groups is 1. The van der Waals surface area contributed by atoms with Gasteiger partial charge in [-0.2, -0.15) is 5.26 Å². The van der Waals surface area contributed by atoms with Gasteiger partial charge in [-0.05, 0) is 125 Å². The molecule has 4 saturated carbocycles. The molecule has 3 nitrogen and oxygen atoms in total. The second-order valence-electron chi connectivity index (χ2n) is 18.0. The molecule has 50 heavy (non-hydrogen) atoms. The van der Waals surface area contributed by atoms with Crippen LogP contribution in [-0.2, 0) is 4.79 Å². The molecule has 0 heterocycles. The van der Waals surface area contributed by atoms with E-state index in [1.807, 2.05) is 54.6 Å². The van der Waals surface area contributed by atoms with Gasteiger partial charge < -0.3 is 5.11 Å². The van der Waals surface area contributed by atoms with Crippen LogP contribution in [0.2, 0.25) is 0 Å². The molecule has 0 radical (unpaired) electrons. The van der Waals surface area contributed by atoms with Crippen molar-refractivity contribution in [3.63, 3.8) is 0 Å². The van der Waals surface area contributed by atoms with Crippen molar-refractivity contribution in [2.45, 2.75) is 105 Å². The van der Waals surface area contributed by atoms with Crippen LogP contribution >= 0.6 is 6.89 Å². The van der Waals surface area contributed by atoms with Crippen LogP contribution in [0.25, 0.3) is 0 Å². The predicted octanol–water partition coefficient (Wildman–Crippen LogP) is 9.32. The largest absolute Gasteiger partial charge is 0.393 e. The van der Waals surface area contributed by atoms with Crippen LogP contribution in [0.1, 0.15) is 99.3 Å². The van der Waals surface area contributed by atoms with Crippen LogP contribution in [0.15, 0.2) is 91.0 Å². The van der Waals surface area contributed by atoms with E-state index in [2.05, 4.69) is 84.0 Å². The molecule has 0 saturated heterocycles. The summed E-state index contributed by atoms with van der Waals surface area (Å²) in [7, 11) is 0. The molecule has 4 fully saturated rings. The van der Waals surface area contributed by atoms with Crippen molar-refractivity contribution in [3.8, 4) is 6.07 Å². The lowest BCUT2D eigenvalue weighted by molar-refractivity contribution is -0.200. The third-order valence-electron chi connectivity index (χ3n) is 15.8. The quantitative estimate of drug-likeness (QED) is 0.252. The standard InChI is InChI=1S/C46H58NO2P/c1-32(36-24-28-46(6)38-22-23-41-43(2,3)42(49)26-27-44(41,4)37(38)25-29-45(36,46)5)30-39(48)40(31-47)50(33-16-10-7-11-17-33,34-18-12-8-13-19-34)35-20-14-9-15-21-35/h7-21,32,36-38,41-42,49H,22-30H2,1-6H3/t32-,36-,37?,38?,41?,42+,44-,45-,46+/m1/s1. The molecule has 0 aromatic heterocycles. The fourth-order valence-corrected chi connectivity index (χ4v) is 17.2. The zero-order valence-electron chi connectivity index (χ0n) is 31.2.